The Hall–Kier alpha value is -1.62. The Kier molecular flexibility index (Phi) is 3.14. The highest BCUT2D eigenvalue weighted by atomic mass is 32.1. The molecule has 4 nitrogen and oxygen atoms in total. The average molecular weight is 221 g/mol. The summed E-state index contributed by atoms with van der Waals surface area (Å²) in [4.78, 5) is 9.18. The van der Waals surface area contributed by atoms with Crippen LogP contribution in [0.3, 0.4) is 0 Å². The molecule has 0 spiro atoms. The van der Waals surface area contributed by atoms with Crippen molar-refractivity contribution in [3.8, 4) is 6.01 Å². The number of anilines is 1. The minimum absolute atomic E-state index is 0.376. The summed E-state index contributed by atoms with van der Waals surface area (Å²) < 4.78 is 5.36. The molecular weight excluding hydrogens is 210 g/mol. The lowest BCUT2D eigenvalue weighted by Gasteiger charge is -2.02. The van der Waals surface area contributed by atoms with Crippen molar-refractivity contribution >= 4 is 17.0 Å². The van der Waals surface area contributed by atoms with Gasteiger partial charge in [-0.25, -0.2) is 9.97 Å². The van der Waals surface area contributed by atoms with Crippen molar-refractivity contribution in [2.75, 3.05) is 12.3 Å². The molecule has 0 unspecified atom stereocenters. The van der Waals surface area contributed by atoms with Gasteiger partial charge in [0, 0.05) is 11.3 Å². The number of hydrogen-bond acceptors (Lipinski definition) is 5. The summed E-state index contributed by atoms with van der Waals surface area (Å²) in [7, 11) is 0. The molecule has 2 rings (SSSR count). The number of ether oxygens (including phenoxy) is 1. The van der Waals surface area contributed by atoms with E-state index in [0.29, 0.717) is 18.3 Å². The van der Waals surface area contributed by atoms with E-state index >= 15 is 0 Å². The van der Waals surface area contributed by atoms with Crippen molar-refractivity contribution in [3.63, 3.8) is 0 Å². The maximum absolute atomic E-state index is 5.45. The van der Waals surface area contributed by atoms with Crippen LogP contribution in [0.2, 0.25) is 0 Å². The van der Waals surface area contributed by atoms with Gasteiger partial charge in [-0.2, -0.15) is 0 Å². The van der Waals surface area contributed by atoms with E-state index in [1.807, 2.05) is 6.07 Å². The van der Waals surface area contributed by atoms with E-state index in [1.165, 1.54) is 17.3 Å². The minimum atomic E-state index is 0.376. The van der Waals surface area contributed by atoms with E-state index in [4.69, 9.17) is 10.5 Å². The molecule has 5 heteroatoms. The lowest BCUT2D eigenvalue weighted by molar-refractivity contribution is 0.297. The molecule has 2 heterocycles. The summed E-state index contributed by atoms with van der Waals surface area (Å²) in [6.07, 6.45) is 3.95. The summed E-state index contributed by atoms with van der Waals surface area (Å²) in [6.45, 7) is 0.588. The van der Waals surface area contributed by atoms with Gasteiger partial charge in [-0.1, -0.05) is 6.07 Å². The number of rotatable bonds is 4. The van der Waals surface area contributed by atoms with Gasteiger partial charge in [0.1, 0.15) is 0 Å². The number of nitrogen functional groups attached to an aromatic ring is 1. The van der Waals surface area contributed by atoms with Gasteiger partial charge in [-0.05, 0) is 11.4 Å². The fourth-order valence-corrected chi connectivity index (χ4v) is 1.79. The van der Waals surface area contributed by atoms with Gasteiger partial charge in [0.2, 0.25) is 0 Å². The molecule has 0 saturated carbocycles. The molecule has 2 aromatic rings. The van der Waals surface area contributed by atoms with Crippen LogP contribution in [0.25, 0.3) is 0 Å². The predicted molar refractivity (Wildman–Crippen MR) is 60.0 cm³/mol. The van der Waals surface area contributed by atoms with Crippen molar-refractivity contribution in [3.05, 3.63) is 34.8 Å². The number of nitrogens with zero attached hydrogens (tertiary/aromatic N) is 2. The van der Waals surface area contributed by atoms with Gasteiger partial charge in [-0.3, -0.25) is 0 Å². The van der Waals surface area contributed by atoms with Crippen LogP contribution in [0.5, 0.6) is 6.01 Å². The monoisotopic (exact) mass is 221 g/mol. The highest BCUT2D eigenvalue weighted by Crippen LogP contribution is 2.10. The van der Waals surface area contributed by atoms with E-state index in [0.717, 1.165) is 6.42 Å². The Bertz CT molecular complexity index is 399. The third kappa shape index (κ3) is 2.92. The first-order chi connectivity index (χ1) is 7.34. The van der Waals surface area contributed by atoms with Gasteiger partial charge >= 0.3 is 6.01 Å². The fraction of sp³-hybridized carbons (Fsp3) is 0.200. The van der Waals surface area contributed by atoms with Crippen LogP contribution in [-0.2, 0) is 6.42 Å². The number of nitrogens with two attached hydrogens (primary N) is 1. The second-order valence-corrected chi connectivity index (χ2v) is 4.01. The first-order valence-corrected chi connectivity index (χ1v) is 5.45. The van der Waals surface area contributed by atoms with E-state index in [1.54, 1.807) is 11.3 Å². The van der Waals surface area contributed by atoms with Gasteiger partial charge in [0.05, 0.1) is 24.7 Å². The van der Waals surface area contributed by atoms with Crippen LogP contribution >= 0.6 is 11.3 Å². The normalized spacial score (nSPS) is 10.1. The van der Waals surface area contributed by atoms with Crippen molar-refractivity contribution in [1.29, 1.82) is 0 Å². The molecule has 0 radical (unpaired) electrons. The Morgan fingerprint density at radius 1 is 1.33 bits per heavy atom. The number of thiophene rings is 1. The maximum Gasteiger partial charge on any atom is 0.316 e. The second kappa shape index (κ2) is 4.75. The van der Waals surface area contributed by atoms with E-state index in [9.17, 15) is 0 Å². The SMILES string of the molecule is Nc1cnc(OCCc2cccs2)nc1. The Morgan fingerprint density at radius 3 is 2.80 bits per heavy atom. The molecule has 0 aromatic carbocycles. The van der Waals surface area contributed by atoms with Gasteiger partial charge in [0.15, 0.2) is 0 Å². The summed E-state index contributed by atoms with van der Waals surface area (Å²) in [5, 5.41) is 2.05. The molecule has 0 amide bonds. The fourth-order valence-electron chi connectivity index (χ4n) is 1.10. The quantitative estimate of drug-likeness (QED) is 0.854. The number of aromatic nitrogens is 2. The van der Waals surface area contributed by atoms with Crippen LogP contribution in [0.4, 0.5) is 5.69 Å². The standard InChI is InChI=1S/C10H11N3OS/c11-8-6-12-10(13-7-8)14-4-3-9-2-1-5-15-9/h1-2,5-7H,3-4,11H2. The van der Waals surface area contributed by atoms with Gasteiger partial charge in [-0.15, -0.1) is 11.3 Å². The molecule has 0 saturated heterocycles. The molecule has 0 aliphatic carbocycles. The molecule has 15 heavy (non-hydrogen) atoms. The predicted octanol–water partition coefficient (Wildman–Crippen LogP) is 1.74. The Balaban J connectivity index is 1.81. The zero-order chi connectivity index (χ0) is 10.5. The molecule has 78 valence electrons. The minimum Gasteiger partial charge on any atom is -0.463 e. The highest BCUT2D eigenvalue weighted by molar-refractivity contribution is 7.09. The third-order valence-corrected chi connectivity index (χ3v) is 2.74. The van der Waals surface area contributed by atoms with Gasteiger partial charge < -0.3 is 10.5 Å². The summed E-state index contributed by atoms with van der Waals surface area (Å²) in [5.41, 5.74) is 6.00. The molecule has 0 aliphatic heterocycles. The topological polar surface area (TPSA) is 61.0 Å². The zero-order valence-corrected chi connectivity index (χ0v) is 8.91. The average Bonchev–Trinajstić information content (AvgIpc) is 2.74. The molecule has 2 N–H and O–H groups in total. The summed E-state index contributed by atoms with van der Waals surface area (Å²) in [6, 6.07) is 4.48. The summed E-state index contributed by atoms with van der Waals surface area (Å²) in [5.74, 6) is 0. The third-order valence-electron chi connectivity index (χ3n) is 1.81. The van der Waals surface area contributed by atoms with Crippen molar-refractivity contribution in [1.82, 2.24) is 9.97 Å². The number of hydrogen-bond donors (Lipinski definition) is 1. The molecule has 2 aromatic heterocycles. The van der Waals surface area contributed by atoms with E-state index in [2.05, 4.69) is 21.4 Å². The Morgan fingerprint density at radius 2 is 2.13 bits per heavy atom. The molecule has 0 atom stereocenters. The lowest BCUT2D eigenvalue weighted by atomic mass is 10.4. The highest BCUT2D eigenvalue weighted by Gasteiger charge is 1.98. The Labute approximate surface area is 91.8 Å². The smallest absolute Gasteiger partial charge is 0.316 e. The molecule has 0 aliphatic rings. The van der Waals surface area contributed by atoms with Crippen LogP contribution in [0, 0.1) is 0 Å². The first-order valence-electron chi connectivity index (χ1n) is 4.57. The molecule has 0 bridgehead atoms. The van der Waals surface area contributed by atoms with E-state index < -0.39 is 0 Å². The maximum atomic E-state index is 5.45. The lowest BCUT2D eigenvalue weighted by Crippen LogP contribution is -2.03. The summed E-state index contributed by atoms with van der Waals surface area (Å²) >= 11 is 1.72. The van der Waals surface area contributed by atoms with Crippen LogP contribution in [-0.4, -0.2) is 16.6 Å². The van der Waals surface area contributed by atoms with E-state index in [-0.39, 0.29) is 0 Å². The van der Waals surface area contributed by atoms with Crippen LogP contribution in [0.1, 0.15) is 4.88 Å². The molecule has 0 fully saturated rings. The van der Waals surface area contributed by atoms with Gasteiger partial charge in [0.25, 0.3) is 0 Å². The largest absolute Gasteiger partial charge is 0.463 e. The van der Waals surface area contributed by atoms with Crippen LogP contribution in [0.15, 0.2) is 29.9 Å². The zero-order valence-electron chi connectivity index (χ0n) is 8.09. The second-order valence-electron chi connectivity index (χ2n) is 2.98. The molecular formula is C10H11N3OS. The first kappa shape index (κ1) is 9.92. The van der Waals surface area contributed by atoms with Crippen molar-refractivity contribution in [2.45, 2.75) is 6.42 Å². The van der Waals surface area contributed by atoms with Crippen molar-refractivity contribution < 1.29 is 4.74 Å². The van der Waals surface area contributed by atoms with Crippen LogP contribution < -0.4 is 10.5 Å². The van der Waals surface area contributed by atoms with Crippen molar-refractivity contribution in [2.24, 2.45) is 0 Å².